The van der Waals surface area contributed by atoms with Gasteiger partial charge >= 0.3 is 0 Å². The van der Waals surface area contributed by atoms with Crippen molar-refractivity contribution < 1.29 is 4.79 Å². The SMILES string of the molecule is CCNCc1cccc(NC(=O)c2cc(SC)ccc2C)c1. The topological polar surface area (TPSA) is 41.1 Å². The van der Waals surface area contributed by atoms with Crippen molar-refractivity contribution in [3.05, 3.63) is 59.2 Å². The number of hydrogen-bond donors (Lipinski definition) is 2. The smallest absolute Gasteiger partial charge is 0.255 e. The number of amides is 1. The van der Waals surface area contributed by atoms with Gasteiger partial charge < -0.3 is 10.6 Å². The van der Waals surface area contributed by atoms with E-state index < -0.39 is 0 Å². The molecule has 2 rings (SSSR count). The molecule has 4 heteroatoms. The van der Waals surface area contributed by atoms with Gasteiger partial charge in [-0.3, -0.25) is 4.79 Å². The highest BCUT2D eigenvalue weighted by atomic mass is 32.2. The van der Waals surface area contributed by atoms with Gasteiger partial charge in [-0.05, 0) is 55.1 Å². The maximum Gasteiger partial charge on any atom is 0.255 e. The Morgan fingerprint density at radius 1 is 1.18 bits per heavy atom. The third-order valence-corrected chi connectivity index (χ3v) is 4.18. The molecule has 0 fully saturated rings. The van der Waals surface area contributed by atoms with Gasteiger partial charge in [-0.25, -0.2) is 0 Å². The summed E-state index contributed by atoms with van der Waals surface area (Å²) in [4.78, 5) is 13.6. The van der Waals surface area contributed by atoms with E-state index in [4.69, 9.17) is 0 Å². The van der Waals surface area contributed by atoms with E-state index in [0.717, 1.165) is 40.4 Å². The third-order valence-electron chi connectivity index (χ3n) is 3.45. The van der Waals surface area contributed by atoms with Crippen molar-refractivity contribution in [1.82, 2.24) is 5.32 Å². The first kappa shape index (κ1) is 16.6. The highest BCUT2D eigenvalue weighted by Gasteiger charge is 2.10. The zero-order valence-corrected chi connectivity index (χ0v) is 14.1. The van der Waals surface area contributed by atoms with Gasteiger partial charge in [0, 0.05) is 22.7 Å². The Morgan fingerprint density at radius 3 is 2.73 bits per heavy atom. The average Bonchev–Trinajstić information content (AvgIpc) is 2.53. The highest BCUT2D eigenvalue weighted by Crippen LogP contribution is 2.20. The molecular weight excluding hydrogens is 292 g/mol. The van der Waals surface area contributed by atoms with Crippen molar-refractivity contribution in [1.29, 1.82) is 0 Å². The second-order valence-electron chi connectivity index (χ2n) is 5.12. The fourth-order valence-electron chi connectivity index (χ4n) is 2.20. The van der Waals surface area contributed by atoms with Gasteiger partial charge in [0.05, 0.1) is 0 Å². The molecule has 0 aliphatic rings. The number of thioether (sulfide) groups is 1. The van der Waals surface area contributed by atoms with Gasteiger partial charge in [-0.2, -0.15) is 0 Å². The van der Waals surface area contributed by atoms with Crippen LogP contribution in [0.15, 0.2) is 47.4 Å². The first-order valence-electron chi connectivity index (χ1n) is 7.39. The number of carbonyl (C=O) groups excluding carboxylic acids is 1. The van der Waals surface area contributed by atoms with Gasteiger partial charge in [0.2, 0.25) is 0 Å². The second-order valence-corrected chi connectivity index (χ2v) is 6.00. The summed E-state index contributed by atoms with van der Waals surface area (Å²) in [7, 11) is 0. The zero-order chi connectivity index (χ0) is 15.9. The minimum absolute atomic E-state index is 0.0611. The molecule has 0 bridgehead atoms. The van der Waals surface area contributed by atoms with E-state index in [1.165, 1.54) is 0 Å². The molecule has 0 heterocycles. The number of benzene rings is 2. The van der Waals surface area contributed by atoms with Crippen molar-refractivity contribution in [3.63, 3.8) is 0 Å². The number of rotatable bonds is 6. The molecular formula is C18H22N2OS. The predicted molar refractivity (Wildman–Crippen MR) is 94.7 cm³/mol. The second kappa shape index (κ2) is 8.01. The highest BCUT2D eigenvalue weighted by molar-refractivity contribution is 7.98. The van der Waals surface area contributed by atoms with Gasteiger partial charge in [0.15, 0.2) is 0 Å². The van der Waals surface area contributed by atoms with Gasteiger partial charge in [0.1, 0.15) is 0 Å². The quantitative estimate of drug-likeness (QED) is 0.789. The minimum Gasteiger partial charge on any atom is -0.322 e. The molecule has 0 spiro atoms. The summed E-state index contributed by atoms with van der Waals surface area (Å²) in [6, 6.07) is 13.9. The fourth-order valence-corrected chi connectivity index (χ4v) is 2.64. The van der Waals surface area contributed by atoms with Crippen LogP contribution in [0.4, 0.5) is 5.69 Å². The lowest BCUT2D eigenvalue weighted by Gasteiger charge is -2.10. The Labute approximate surface area is 136 Å². The lowest BCUT2D eigenvalue weighted by Crippen LogP contribution is -2.15. The van der Waals surface area contributed by atoms with Crippen LogP contribution in [0, 0.1) is 6.92 Å². The normalized spacial score (nSPS) is 10.5. The largest absolute Gasteiger partial charge is 0.322 e. The predicted octanol–water partition coefficient (Wildman–Crippen LogP) is 4.08. The molecule has 116 valence electrons. The number of hydrogen-bond acceptors (Lipinski definition) is 3. The minimum atomic E-state index is -0.0611. The fraction of sp³-hybridized carbons (Fsp3) is 0.278. The van der Waals surface area contributed by atoms with E-state index in [-0.39, 0.29) is 5.91 Å². The Hall–Kier alpha value is -1.78. The third kappa shape index (κ3) is 4.36. The number of nitrogens with one attached hydrogen (secondary N) is 2. The molecule has 3 nitrogen and oxygen atoms in total. The summed E-state index contributed by atoms with van der Waals surface area (Å²) in [5.74, 6) is -0.0611. The van der Waals surface area contributed by atoms with Crippen LogP contribution in [0.2, 0.25) is 0 Å². The first-order valence-corrected chi connectivity index (χ1v) is 8.62. The maximum absolute atomic E-state index is 12.5. The van der Waals surface area contributed by atoms with Gasteiger partial charge in [-0.15, -0.1) is 11.8 Å². The lowest BCUT2D eigenvalue weighted by atomic mass is 10.1. The zero-order valence-electron chi connectivity index (χ0n) is 13.3. The summed E-state index contributed by atoms with van der Waals surface area (Å²) < 4.78 is 0. The molecule has 2 aromatic rings. The first-order chi connectivity index (χ1) is 10.6. The number of carbonyl (C=O) groups is 1. The Bertz CT molecular complexity index is 655. The van der Waals surface area contributed by atoms with E-state index >= 15 is 0 Å². The summed E-state index contributed by atoms with van der Waals surface area (Å²) in [5, 5.41) is 6.28. The summed E-state index contributed by atoms with van der Waals surface area (Å²) in [5.41, 5.74) is 3.70. The summed E-state index contributed by atoms with van der Waals surface area (Å²) in [6.07, 6.45) is 2.01. The number of aryl methyl sites for hydroxylation is 1. The molecule has 22 heavy (non-hydrogen) atoms. The van der Waals surface area contributed by atoms with Gasteiger partial charge in [0.25, 0.3) is 5.91 Å². The van der Waals surface area contributed by atoms with Crippen LogP contribution in [0.25, 0.3) is 0 Å². The van der Waals surface area contributed by atoms with E-state index in [2.05, 4.69) is 23.6 Å². The molecule has 0 radical (unpaired) electrons. The Morgan fingerprint density at radius 2 is 2.00 bits per heavy atom. The maximum atomic E-state index is 12.5. The Balaban J connectivity index is 2.15. The van der Waals surface area contributed by atoms with Crippen LogP contribution in [0.5, 0.6) is 0 Å². The molecule has 0 saturated carbocycles. The number of anilines is 1. The molecule has 0 aliphatic carbocycles. The van der Waals surface area contributed by atoms with Gasteiger partial charge in [-0.1, -0.05) is 25.1 Å². The molecule has 0 aromatic heterocycles. The van der Waals surface area contributed by atoms with Crippen LogP contribution in [-0.2, 0) is 6.54 Å². The van der Waals surface area contributed by atoms with Crippen LogP contribution < -0.4 is 10.6 Å². The summed E-state index contributed by atoms with van der Waals surface area (Å²) >= 11 is 1.64. The average molecular weight is 314 g/mol. The molecule has 0 saturated heterocycles. The van der Waals surface area contributed by atoms with Crippen LogP contribution in [-0.4, -0.2) is 18.7 Å². The van der Waals surface area contributed by atoms with E-state index in [1.807, 2.05) is 49.6 Å². The van der Waals surface area contributed by atoms with Crippen LogP contribution in [0.3, 0.4) is 0 Å². The van der Waals surface area contributed by atoms with Crippen molar-refractivity contribution in [3.8, 4) is 0 Å². The molecule has 2 aromatic carbocycles. The standard InChI is InChI=1S/C18H22N2OS/c1-4-19-12-14-6-5-7-15(10-14)20-18(21)17-11-16(22-3)9-8-13(17)2/h5-11,19H,4,12H2,1-3H3,(H,20,21). The molecule has 0 atom stereocenters. The van der Waals surface area contributed by atoms with E-state index in [1.54, 1.807) is 11.8 Å². The van der Waals surface area contributed by atoms with Crippen molar-refractivity contribution >= 4 is 23.4 Å². The molecule has 2 N–H and O–H groups in total. The summed E-state index contributed by atoms with van der Waals surface area (Å²) in [6.45, 7) is 5.77. The molecule has 0 aliphatic heterocycles. The van der Waals surface area contributed by atoms with Crippen LogP contribution in [0.1, 0.15) is 28.4 Å². The Kier molecular flexibility index (Phi) is 6.04. The molecule has 1 amide bonds. The monoisotopic (exact) mass is 314 g/mol. The lowest BCUT2D eigenvalue weighted by molar-refractivity contribution is 0.102. The van der Waals surface area contributed by atoms with Crippen molar-refractivity contribution in [2.24, 2.45) is 0 Å². The van der Waals surface area contributed by atoms with Crippen molar-refractivity contribution in [2.45, 2.75) is 25.3 Å². The van der Waals surface area contributed by atoms with Crippen LogP contribution >= 0.6 is 11.8 Å². The van der Waals surface area contributed by atoms with Crippen molar-refractivity contribution in [2.75, 3.05) is 18.1 Å². The molecule has 0 unspecified atom stereocenters. The van der Waals surface area contributed by atoms with E-state index in [0.29, 0.717) is 0 Å². The van der Waals surface area contributed by atoms with E-state index in [9.17, 15) is 4.79 Å².